The number of aromatic nitrogens is 2. The van der Waals surface area contributed by atoms with E-state index in [1.807, 2.05) is 60.7 Å². The van der Waals surface area contributed by atoms with E-state index in [-0.39, 0.29) is 11.8 Å². The molecule has 0 atom stereocenters. The first-order valence-corrected chi connectivity index (χ1v) is 10.8. The summed E-state index contributed by atoms with van der Waals surface area (Å²) in [6.07, 6.45) is 2.36. The van der Waals surface area contributed by atoms with Gasteiger partial charge >= 0.3 is 0 Å². The Balaban J connectivity index is 1.49. The number of ether oxygens (including phenoxy) is 1. The molecule has 7 nitrogen and oxygen atoms in total. The number of carbonyl (C=O) groups is 2. The van der Waals surface area contributed by atoms with Gasteiger partial charge in [-0.2, -0.15) is 0 Å². The molecule has 1 fully saturated rings. The number of hydrogen-bond acceptors (Lipinski definition) is 5. The Bertz CT molecular complexity index is 1050. The molecular weight excluding hydrogens is 404 g/mol. The predicted octanol–water partition coefficient (Wildman–Crippen LogP) is 2.52. The molecule has 2 amide bonds. The van der Waals surface area contributed by atoms with Crippen molar-refractivity contribution in [3.05, 3.63) is 83.7 Å². The van der Waals surface area contributed by atoms with Crippen molar-refractivity contribution >= 4 is 11.8 Å². The summed E-state index contributed by atoms with van der Waals surface area (Å²) >= 11 is 0. The summed E-state index contributed by atoms with van der Waals surface area (Å²) in [6, 6.07) is 19.3. The molecule has 0 saturated carbocycles. The molecule has 2 aromatic carbocycles. The molecule has 2 heterocycles. The van der Waals surface area contributed by atoms with E-state index in [0.717, 1.165) is 11.1 Å². The molecule has 1 aliphatic heterocycles. The molecule has 0 bridgehead atoms. The van der Waals surface area contributed by atoms with E-state index in [1.54, 1.807) is 11.1 Å². The summed E-state index contributed by atoms with van der Waals surface area (Å²) in [5, 5.41) is 2.94. The third-order valence-corrected chi connectivity index (χ3v) is 5.32. The average Bonchev–Trinajstić information content (AvgIpc) is 2.85. The van der Waals surface area contributed by atoms with E-state index >= 15 is 0 Å². The van der Waals surface area contributed by atoms with Crippen molar-refractivity contribution in [3.63, 3.8) is 0 Å². The lowest BCUT2D eigenvalue weighted by Crippen LogP contribution is -2.41. The van der Waals surface area contributed by atoms with Crippen LogP contribution < -0.4 is 5.32 Å². The van der Waals surface area contributed by atoms with Crippen molar-refractivity contribution in [2.75, 3.05) is 32.8 Å². The SMILES string of the molecule is O=C(Cc1ccccc1)NCCc1nc(-c2ccccc2)ncc1C(=O)N1CCOCC1. The minimum Gasteiger partial charge on any atom is -0.378 e. The first-order valence-electron chi connectivity index (χ1n) is 10.8. The Hall–Kier alpha value is -3.58. The number of nitrogens with zero attached hydrogens (tertiary/aromatic N) is 3. The fraction of sp³-hybridized carbons (Fsp3) is 0.280. The van der Waals surface area contributed by atoms with Gasteiger partial charge < -0.3 is 15.0 Å². The topological polar surface area (TPSA) is 84.4 Å². The molecule has 32 heavy (non-hydrogen) atoms. The number of amides is 2. The molecule has 1 N–H and O–H groups in total. The molecule has 1 saturated heterocycles. The number of carbonyl (C=O) groups excluding carboxylic acids is 2. The molecule has 0 aliphatic carbocycles. The van der Waals surface area contributed by atoms with Crippen LogP contribution in [0.2, 0.25) is 0 Å². The minimum atomic E-state index is -0.0986. The third kappa shape index (κ3) is 5.56. The maximum absolute atomic E-state index is 13.1. The van der Waals surface area contributed by atoms with Crippen LogP contribution >= 0.6 is 0 Å². The molecule has 7 heteroatoms. The fourth-order valence-corrected chi connectivity index (χ4v) is 3.61. The van der Waals surface area contributed by atoms with Crippen molar-refractivity contribution in [2.45, 2.75) is 12.8 Å². The normalized spacial score (nSPS) is 13.6. The number of rotatable bonds is 7. The predicted molar refractivity (Wildman–Crippen MR) is 121 cm³/mol. The molecule has 0 radical (unpaired) electrons. The van der Waals surface area contributed by atoms with Gasteiger partial charge in [0.2, 0.25) is 5.91 Å². The van der Waals surface area contributed by atoms with Crippen LogP contribution in [0.1, 0.15) is 21.6 Å². The lowest BCUT2D eigenvalue weighted by molar-refractivity contribution is -0.120. The molecular formula is C25H26N4O3. The van der Waals surface area contributed by atoms with E-state index in [9.17, 15) is 9.59 Å². The van der Waals surface area contributed by atoms with Crippen LogP contribution in [0.5, 0.6) is 0 Å². The summed E-state index contributed by atoms with van der Waals surface area (Å²) in [6.45, 7) is 2.54. The molecule has 1 aromatic heterocycles. The van der Waals surface area contributed by atoms with Gasteiger partial charge in [-0.1, -0.05) is 60.7 Å². The number of nitrogens with one attached hydrogen (secondary N) is 1. The standard InChI is InChI=1S/C25H26N4O3/c30-23(17-19-7-3-1-4-8-19)26-12-11-22-21(25(31)29-13-15-32-16-14-29)18-27-24(28-22)20-9-5-2-6-10-20/h1-10,18H,11-17H2,(H,26,30). The quantitative estimate of drug-likeness (QED) is 0.623. The second kappa shape index (κ2) is 10.6. The van der Waals surface area contributed by atoms with E-state index in [2.05, 4.69) is 10.3 Å². The van der Waals surface area contributed by atoms with Crippen molar-refractivity contribution in [1.82, 2.24) is 20.2 Å². The number of morpholine rings is 1. The highest BCUT2D eigenvalue weighted by atomic mass is 16.5. The van der Waals surface area contributed by atoms with Gasteiger partial charge in [-0.25, -0.2) is 9.97 Å². The van der Waals surface area contributed by atoms with Gasteiger partial charge in [0.25, 0.3) is 5.91 Å². The molecule has 164 valence electrons. The Morgan fingerprint density at radius 2 is 1.66 bits per heavy atom. The zero-order valence-corrected chi connectivity index (χ0v) is 17.9. The fourth-order valence-electron chi connectivity index (χ4n) is 3.61. The van der Waals surface area contributed by atoms with Crippen LogP contribution in [0.4, 0.5) is 0 Å². The van der Waals surface area contributed by atoms with Crippen molar-refractivity contribution in [2.24, 2.45) is 0 Å². The smallest absolute Gasteiger partial charge is 0.257 e. The molecule has 1 aliphatic rings. The van der Waals surface area contributed by atoms with Crippen LogP contribution in [0.15, 0.2) is 66.9 Å². The average molecular weight is 431 g/mol. The van der Waals surface area contributed by atoms with Gasteiger partial charge in [0, 0.05) is 37.8 Å². The van der Waals surface area contributed by atoms with Gasteiger partial charge in [0.05, 0.1) is 30.9 Å². The van der Waals surface area contributed by atoms with Crippen LogP contribution in [-0.4, -0.2) is 59.5 Å². The van der Waals surface area contributed by atoms with E-state index in [1.165, 1.54) is 0 Å². The Morgan fingerprint density at radius 1 is 0.969 bits per heavy atom. The first-order chi connectivity index (χ1) is 15.7. The van der Waals surface area contributed by atoms with Gasteiger partial charge in [-0.15, -0.1) is 0 Å². The summed E-state index contributed by atoms with van der Waals surface area (Å²) < 4.78 is 5.36. The van der Waals surface area contributed by atoms with Gasteiger partial charge in [0.1, 0.15) is 0 Å². The monoisotopic (exact) mass is 430 g/mol. The maximum Gasteiger partial charge on any atom is 0.257 e. The summed E-state index contributed by atoms with van der Waals surface area (Å²) in [7, 11) is 0. The zero-order chi connectivity index (χ0) is 22.2. The van der Waals surface area contributed by atoms with Crippen LogP contribution in [-0.2, 0) is 22.4 Å². The number of hydrogen-bond donors (Lipinski definition) is 1. The lowest BCUT2D eigenvalue weighted by atomic mass is 10.1. The lowest BCUT2D eigenvalue weighted by Gasteiger charge is -2.27. The largest absolute Gasteiger partial charge is 0.378 e. The highest BCUT2D eigenvalue weighted by Gasteiger charge is 2.23. The second-order valence-electron chi connectivity index (χ2n) is 7.59. The highest BCUT2D eigenvalue weighted by molar-refractivity contribution is 5.95. The van der Waals surface area contributed by atoms with Crippen LogP contribution in [0, 0.1) is 0 Å². The second-order valence-corrected chi connectivity index (χ2v) is 7.59. The molecule has 3 aromatic rings. The van der Waals surface area contributed by atoms with E-state index in [4.69, 9.17) is 9.72 Å². The van der Waals surface area contributed by atoms with Crippen molar-refractivity contribution in [3.8, 4) is 11.4 Å². The summed E-state index contributed by atoms with van der Waals surface area (Å²) in [5.41, 5.74) is 2.95. The number of benzene rings is 2. The van der Waals surface area contributed by atoms with Gasteiger partial charge in [-0.05, 0) is 5.56 Å². The Labute approximate surface area is 187 Å². The van der Waals surface area contributed by atoms with E-state index in [0.29, 0.717) is 62.8 Å². The first kappa shape index (κ1) is 21.6. The molecule has 0 unspecified atom stereocenters. The maximum atomic E-state index is 13.1. The minimum absolute atomic E-state index is 0.0606. The van der Waals surface area contributed by atoms with Crippen molar-refractivity contribution < 1.29 is 14.3 Å². The van der Waals surface area contributed by atoms with Crippen molar-refractivity contribution in [1.29, 1.82) is 0 Å². The molecule has 4 rings (SSSR count). The zero-order valence-electron chi connectivity index (χ0n) is 17.9. The van der Waals surface area contributed by atoms with Crippen LogP contribution in [0.25, 0.3) is 11.4 Å². The van der Waals surface area contributed by atoms with E-state index < -0.39 is 0 Å². The Kier molecular flexibility index (Phi) is 7.19. The van der Waals surface area contributed by atoms with Gasteiger partial charge in [0.15, 0.2) is 5.82 Å². The van der Waals surface area contributed by atoms with Gasteiger partial charge in [-0.3, -0.25) is 9.59 Å². The summed E-state index contributed by atoms with van der Waals surface area (Å²) in [4.78, 5) is 36.3. The highest BCUT2D eigenvalue weighted by Crippen LogP contribution is 2.18. The Morgan fingerprint density at radius 3 is 2.38 bits per heavy atom. The van der Waals surface area contributed by atoms with Crippen LogP contribution in [0.3, 0.4) is 0 Å². The molecule has 0 spiro atoms. The third-order valence-electron chi connectivity index (χ3n) is 5.32. The summed E-state index contributed by atoms with van der Waals surface area (Å²) in [5.74, 6) is 0.405.